The van der Waals surface area contributed by atoms with Crippen molar-refractivity contribution in [3.05, 3.63) is 22.8 Å². The first-order valence-electron chi connectivity index (χ1n) is 7.51. The van der Waals surface area contributed by atoms with Gasteiger partial charge in [0.25, 0.3) is 11.8 Å². The van der Waals surface area contributed by atoms with Crippen LogP contribution in [0.25, 0.3) is 0 Å². The molecule has 5 heteroatoms. The Morgan fingerprint density at radius 1 is 1.19 bits per heavy atom. The molecule has 0 aromatic heterocycles. The van der Waals surface area contributed by atoms with Crippen LogP contribution < -0.4 is 15.0 Å². The van der Waals surface area contributed by atoms with E-state index in [2.05, 4.69) is 10.2 Å². The maximum atomic E-state index is 12.0. The van der Waals surface area contributed by atoms with Gasteiger partial charge in [-0.25, -0.2) is 0 Å². The number of carbonyl (C=O) groups is 2. The van der Waals surface area contributed by atoms with Crippen LogP contribution in [0.2, 0.25) is 0 Å². The second-order valence-corrected chi connectivity index (χ2v) is 5.51. The number of rotatable bonds is 3. The zero-order chi connectivity index (χ0) is 15.0. The number of piperidine rings is 1. The number of anilines is 1. The molecule has 2 heterocycles. The maximum Gasteiger partial charge on any atom is 0.262 e. The van der Waals surface area contributed by atoms with Crippen molar-refractivity contribution < 1.29 is 14.3 Å². The van der Waals surface area contributed by atoms with Gasteiger partial charge >= 0.3 is 0 Å². The van der Waals surface area contributed by atoms with Crippen molar-refractivity contribution in [2.45, 2.75) is 32.6 Å². The summed E-state index contributed by atoms with van der Waals surface area (Å²) in [5, 5.41) is 2.36. The summed E-state index contributed by atoms with van der Waals surface area (Å²) >= 11 is 0. The zero-order valence-electron chi connectivity index (χ0n) is 12.5. The lowest BCUT2D eigenvalue weighted by Gasteiger charge is -2.31. The number of benzene rings is 1. The van der Waals surface area contributed by atoms with E-state index in [-0.39, 0.29) is 11.8 Å². The molecule has 1 aromatic carbocycles. The molecule has 2 amide bonds. The summed E-state index contributed by atoms with van der Waals surface area (Å²) < 4.78 is 5.49. The van der Waals surface area contributed by atoms with Gasteiger partial charge in [0.15, 0.2) is 0 Å². The zero-order valence-corrected chi connectivity index (χ0v) is 12.5. The molecule has 0 saturated carbocycles. The van der Waals surface area contributed by atoms with E-state index in [9.17, 15) is 9.59 Å². The standard InChI is InChI=1S/C16H20N2O3/c1-3-10-12(18-7-5-4-6-8-18)9-11-13(14(10)21-2)16(20)17-15(11)19/h9H,3-8H2,1-2H3,(H,17,19,20). The summed E-state index contributed by atoms with van der Waals surface area (Å²) in [4.78, 5) is 26.3. The Morgan fingerprint density at radius 3 is 2.52 bits per heavy atom. The van der Waals surface area contributed by atoms with Gasteiger partial charge in [0.2, 0.25) is 0 Å². The number of carbonyl (C=O) groups excluding carboxylic acids is 2. The Hall–Kier alpha value is -2.04. The molecule has 5 nitrogen and oxygen atoms in total. The molecule has 2 aliphatic rings. The summed E-state index contributed by atoms with van der Waals surface area (Å²) in [6, 6.07) is 1.86. The van der Waals surface area contributed by atoms with Crippen LogP contribution in [0.3, 0.4) is 0 Å². The highest BCUT2D eigenvalue weighted by Gasteiger charge is 2.34. The van der Waals surface area contributed by atoms with E-state index in [1.807, 2.05) is 13.0 Å². The molecule has 1 N–H and O–H groups in total. The van der Waals surface area contributed by atoms with Crippen LogP contribution in [0.5, 0.6) is 5.75 Å². The third kappa shape index (κ3) is 2.17. The first-order valence-corrected chi connectivity index (χ1v) is 7.51. The topological polar surface area (TPSA) is 58.6 Å². The molecule has 1 fully saturated rings. The number of ether oxygens (including phenoxy) is 1. The van der Waals surface area contributed by atoms with E-state index in [1.165, 1.54) is 6.42 Å². The SMILES string of the molecule is CCc1c(N2CCCCC2)cc2c(c1OC)C(=O)NC2=O. The fourth-order valence-corrected chi connectivity index (χ4v) is 3.31. The fourth-order valence-electron chi connectivity index (χ4n) is 3.31. The highest BCUT2D eigenvalue weighted by Crippen LogP contribution is 2.38. The molecule has 2 aliphatic heterocycles. The molecule has 0 bridgehead atoms. The number of hydrogen-bond acceptors (Lipinski definition) is 4. The molecule has 21 heavy (non-hydrogen) atoms. The summed E-state index contributed by atoms with van der Waals surface area (Å²) in [5.41, 5.74) is 2.88. The average Bonchev–Trinajstić information content (AvgIpc) is 2.80. The lowest BCUT2D eigenvalue weighted by Crippen LogP contribution is -2.30. The Balaban J connectivity index is 2.18. The highest BCUT2D eigenvalue weighted by molar-refractivity contribution is 6.23. The quantitative estimate of drug-likeness (QED) is 0.866. The smallest absolute Gasteiger partial charge is 0.262 e. The summed E-state index contributed by atoms with van der Waals surface area (Å²) in [6.07, 6.45) is 4.34. The largest absolute Gasteiger partial charge is 0.496 e. The minimum absolute atomic E-state index is 0.325. The monoisotopic (exact) mass is 288 g/mol. The second kappa shape index (κ2) is 5.39. The van der Waals surface area contributed by atoms with Gasteiger partial charge in [0.1, 0.15) is 5.75 Å². The molecule has 0 spiro atoms. The van der Waals surface area contributed by atoms with E-state index >= 15 is 0 Å². The molecular weight excluding hydrogens is 268 g/mol. The third-order valence-corrected chi connectivity index (χ3v) is 4.31. The number of nitrogens with zero attached hydrogens (tertiary/aromatic N) is 1. The van der Waals surface area contributed by atoms with E-state index in [4.69, 9.17) is 4.74 Å². The van der Waals surface area contributed by atoms with Gasteiger partial charge in [0, 0.05) is 24.3 Å². The minimum atomic E-state index is -0.355. The Kier molecular flexibility index (Phi) is 3.57. The van der Waals surface area contributed by atoms with Crippen LogP contribution in [0, 0.1) is 0 Å². The van der Waals surface area contributed by atoms with Gasteiger partial charge in [-0.1, -0.05) is 6.92 Å². The van der Waals surface area contributed by atoms with Crippen LogP contribution in [0.1, 0.15) is 52.5 Å². The lowest BCUT2D eigenvalue weighted by molar-refractivity contribution is 0.0879. The maximum absolute atomic E-state index is 12.0. The normalized spacial score (nSPS) is 17.7. The van der Waals surface area contributed by atoms with Gasteiger partial charge in [-0.3, -0.25) is 14.9 Å². The number of amides is 2. The van der Waals surface area contributed by atoms with Crippen molar-refractivity contribution in [2.75, 3.05) is 25.1 Å². The third-order valence-electron chi connectivity index (χ3n) is 4.31. The van der Waals surface area contributed by atoms with Gasteiger partial charge < -0.3 is 9.64 Å². The van der Waals surface area contributed by atoms with Crippen LogP contribution in [0.15, 0.2) is 6.07 Å². The Bertz CT molecular complexity index is 604. The first kappa shape index (κ1) is 13.9. The number of methoxy groups -OCH3 is 1. The van der Waals surface area contributed by atoms with Crippen LogP contribution in [-0.2, 0) is 6.42 Å². The van der Waals surface area contributed by atoms with Crippen LogP contribution >= 0.6 is 0 Å². The molecule has 112 valence electrons. The number of nitrogens with one attached hydrogen (secondary N) is 1. The molecular formula is C16H20N2O3. The van der Waals surface area contributed by atoms with E-state index in [0.29, 0.717) is 16.9 Å². The van der Waals surface area contributed by atoms with Crippen molar-refractivity contribution in [1.29, 1.82) is 0 Å². The predicted molar refractivity (Wildman–Crippen MR) is 80.2 cm³/mol. The Morgan fingerprint density at radius 2 is 1.90 bits per heavy atom. The Labute approximate surface area is 124 Å². The van der Waals surface area contributed by atoms with Gasteiger partial charge in [-0.05, 0) is 31.7 Å². The van der Waals surface area contributed by atoms with Crippen molar-refractivity contribution in [1.82, 2.24) is 5.32 Å². The van der Waals surface area contributed by atoms with Crippen LogP contribution in [-0.4, -0.2) is 32.0 Å². The molecule has 1 aromatic rings. The summed E-state index contributed by atoms with van der Waals surface area (Å²) in [5.74, 6) is -0.125. The molecule has 0 aliphatic carbocycles. The van der Waals surface area contributed by atoms with Crippen LogP contribution in [0.4, 0.5) is 5.69 Å². The van der Waals surface area contributed by atoms with E-state index in [1.54, 1.807) is 7.11 Å². The van der Waals surface area contributed by atoms with Crippen molar-refractivity contribution in [3.63, 3.8) is 0 Å². The average molecular weight is 288 g/mol. The number of imide groups is 1. The molecule has 1 saturated heterocycles. The van der Waals surface area contributed by atoms with Crippen molar-refractivity contribution >= 4 is 17.5 Å². The van der Waals surface area contributed by atoms with E-state index in [0.717, 1.165) is 43.6 Å². The number of fused-ring (bicyclic) bond motifs is 1. The predicted octanol–water partition coefficient (Wildman–Crippen LogP) is 2.13. The minimum Gasteiger partial charge on any atom is -0.496 e. The summed E-state index contributed by atoms with van der Waals surface area (Å²) in [6.45, 7) is 4.03. The van der Waals surface area contributed by atoms with Crippen molar-refractivity contribution in [3.8, 4) is 5.75 Å². The van der Waals surface area contributed by atoms with E-state index < -0.39 is 0 Å². The lowest BCUT2D eigenvalue weighted by atomic mass is 9.97. The molecule has 0 atom stereocenters. The molecule has 3 rings (SSSR count). The highest BCUT2D eigenvalue weighted by atomic mass is 16.5. The second-order valence-electron chi connectivity index (χ2n) is 5.51. The summed E-state index contributed by atoms with van der Waals surface area (Å²) in [7, 11) is 1.56. The van der Waals surface area contributed by atoms with Crippen molar-refractivity contribution in [2.24, 2.45) is 0 Å². The first-order chi connectivity index (χ1) is 10.2. The van der Waals surface area contributed by atoms with Gasteiger partial charge in [0.05, 0.1) is 18.2 Å². The number of hydrogen-bond donors (Lipinski definition) is 1. The van der Waals surface area contributed by atoms with Gasteiger partial charge in [-0.2, -0.15) is 0 Å². The van der Waals surface area contributed by atoms with Gasteiger partial charge in [-0.15, -0.1) is 0 Å². The molecule has 0 radical (unpaired) electrons. The molecule has 0 unspecified atom stereocenters. The fraction of sp³-hybridized carbons (Fsp3) is 0.500.